The lowest BCUT2D eigenvalue weighted by molar-refractivity contribution is 0.0701. The van der Waals surface area contributed by atoms with Gasteiger partial charge in [-0.25, -0.2) is 4.98 Å². The van der Waals surface area contributed by atoms with E-state index in [0.29, 0.717) is 16.8 Å². The van der Waals surface area contributed by atoms with Gasteiger partial charge in [0.15, 0.2) is 0 Å². The third-order valence-corrected chi connectivity index (χ3v) is 3.25. The van der Waals surface area contributed by atoms with Crippen LogP contribution in [0.2, 0.25) is 0 Å². The first-order chi connectivity index (χ1) is 9.70. The molecule has 2 aromatic rings. The van der Waals surface area contributed by atoms with E-state index in [1.807, 2.05) is 30.3 Å². The van der Waals surface area contributed by atoms with Gasteiger partial charge in [0, 0.05) is 13.1 Å². The number of nitrogens with zero attached hydrogens (tertiary/aromatic N) is 2. The van der Waals surface area contributed by atoms with Crippen LogP contribution in [0, 0.1) is 0 Å². The Kier molecular flexibility index (Phi) is 5.26. The van der Waals surface area contributed by atoms with Gasteiger partial charge < -0.3 is 10.0 Å². The zero-order valence-electron chi connectivity index (χ0n) is 10.9. The summed E-state index contributed by atoms with van der Waals surface area (Å²) in [5.41, 5.74) is 1.38. The van der Waals surface area contributed by atoms with Crippen molar-refractivity contribution >= 4 is 21.8 Å². The molecule has 0 unspecified atom stereocenters. The van der Waals surface area contributed by atoms with Crippen molar-refractivity contribution < 1.29 is 9.90 Å². The summed E-state index contributed by atoms with van der Waals surface area (Å²) in [6.07, 6.45) is 0. The van der Waals surface area contributed by atoms with Crippen molar-refractivity contribution in [1.29, 1.82) is 0 Å². The number of benzene rings is 1. The van der Waals surface area contributed by atoms with E-state index in [9.17, 15) is 4.79 Å². The summed E-state index contributed by atoms with van der Waals surface area (Å²) in [5.74, 6) is -0.191. The summed E-state index contributed by atoms with van der Waals surface area (Å²) in [7, 11) is 0. The topological polar surface area (TPSA) is 53.4 Å². The van der Waals surface area contributed by atoms with Crippen molar-refractivity contribution in [2.24, 2.45) is 0 Å². The molecule has 5 heteroatoms. The van der Waals surface area contributed by atoms with Crippen molar-refractivity contribution in [1.82, 2.24) is 9.88 Å². The maximum Gasteiger partial charge on any atom is 0.272 e. The smallest absolute Gasteiger partial charge is 0.272 e. The summed E-state index contributed by atoms with van der Waals surface area (Å²) in [6.45, 7) is 0.656. The molecular formula is C15H15BrN2O2. The Balaban J connectivity index is 2.18. The molecule has 0 fully saturated rings. The molecule has 0 spiro atoms. The molecular weight excluding hydrogens is 320 g/mol. The standard InChI is InChI=1S/C15H15BrN2O2/c16-14-8-4-7-13(17-14)15(20)18(9-10-19)11-12-5-2-1-3-6-12/h1-8,19H,9-11H2. The van der Waals surface area contributed by atoms with E-state index in [0.717, 1.165) is 5.56 Å². The van der Waals surface area contributed by atoms with E-state index in [-0.39, 0.29) is 19.1 Å². The molecule has 1 aromatic heterocycles. The Morgan fingerprint density at radius 2 is 1.90 bits per heavy atom. The average Bonchev–Trinajstić information content (AvgIpc) is 2.47. The average molecular weight is 335 g/mol. The lowest BCUT2D eigenvalue weighted by Crippen LogP contribution is -2.33. The van der Waals surface area contributed by atoms with Gasteiger partial charge in [-0.15, -0.1) is 0 Å². The fourth-order valence-corrected chi connectivity index (χ4v) is 2.21. The van der Waals surface area contributed by atoms with E-state index in [4.69, 9.17) is 5.11 Å². The van der Waals surface area contributed by atoms with Crippen LogP contribution in [0.1, 0.15) is 16.1 Å². The number of aliphatic hydroxyl groups excluding tert-OH is 1. The molecule has 1 amide bonds. The van der Waals surface area contributed by atoms with Crippen LogP contribution in [0.25, 0.3) is 0 Å². The highest BCUT2D eigenvalue weighted by Crippen LogP contribution is 2.11. The molecule has 0 saturated heterocycles. The molecule has 4 nitrogen and oxygen atoms in total. The van der Waals surface area contributed by atoms with Crippen LogP contribution in [0.15, 0.2) is 53.1 Å². The molecule has 1 aromatic carbocycles. The van der Waals surface area contributed by atoms with Gasteiger partial charge in [-0.2, -0.15) is 0 Å². The first-order valence-corrected chi connectivity index (χ1v) is 7.06. The first-order valence-electron chi connectivity index (χ1n) is 6.27. The fraction of sp³-hybridized carbons (Fsp3) is 0.200. The van der Waals surface area contributed by atoms with Gasteiger partial charge in [-0.05, 0) is 33.6 Å². The van der Waals surface area contributed by atoms with E-state index in [1.54, 1.807) is 23.1 Å². The second-order valence-electron chi connectivity index (χ2n) is 4.28. The minimum atomic E-state index is -0.191. The van der Waals surface area contributed by atoms with Crippen LogP contribution >= 0.6 is 15.9 Å². The lowest BCUT2D eigenvalue weighted by Gasteiger charge is -2.21. The normalized spacial score (nSPS) is 10.3. The molecule has 104 valence electrons. The Morgan fingerprint density at radius 3 is 2.55 bits per heavy atom. The minimum absolute atomic E-state index is 0.0768. The second-order valence-corrected chi connectivity index (χ2v) is 5.09. The monoisotopic (exact) mass is 334 g/mol. The Morgan fingerprint density at radius 1 is 1.15 bits per heavy atom. The number of aromatic nitrogens is 1. The Labute approximate surface area is 126 Å². The SMILES string of the molecule is O=C(c1cccc(Br)n1)N(CCO)Cc1ccccc1. The van der Waals surface area contributed by atoms with Gasteiger partial charge in [-0.1, -0.05) is 36.4 Å². The van der Waals surface area contributed by atoms with E-state index in [1.165, 1.54) is 0 Å². The van der Waals surface area contributed by atoms with Crippen LogP contribution in [0.4, 0.5) is 0 Å². The van der Waals surface area contributed by atoms with Crippen LogP contribution in [0.3, 0.4) is 0 Å². The lowest BCUT2D eigenvalue weighted by atomic mass is 10.2. The van der Waals surface area contributed by atoms with Gasteiger partial charge >= 0.3 is 0 Å². The highest BCUT2D eigenvalue weighted by molar-refractivity contribution is 9.10. The zero-order valence-corrected chi connectivity index (χ0v) is 12.5. The molecule has 20 heavy (non-hydrogen) atoms. The molecule has 0 atom stereocenters. The highest BCUT2D eigenvalue weighted by atomic mass is 79.9. The largest absolute Gasteiger partial charge is 0.395 e. The maximum atomic E-state index is 12.4. The second kappa shape index (κ2) is 7.17. The summed E-state index contributed by atoms with van der Waals surface area (Å²) < 4.78 is 0.618. The van der Waals surface area contributed by atoms with E-state index >= 15 is 0 Å². The molecule has 0 bridgehead atoms. The van der Waals surface area contributed by atoms with Gasteiger partial charge in [0.1, 0.15) is 10.3 Å². The van der Waals surface area contributed by atoms with Crippen LogP contribution < -0.4 is 0 Å². The van der Waals surface area contributed by atoms with Crippen molar-refractivity contribution in [2.75, 3.05) is 13.2 Å². The molecule has 2 rings (SSSR count). The number of amides is 1. The highest BCUT2D eigenvalue weighted by Gasteiger charge is 2.17. The van der Waals surface area contributed by atoms with Crippen molar-refractivity contribution in [3.63, 3.8) is 0 Å². The van der Waals surface area contributed by atoms with Crippen LogP contribution in [0.5, 0.6) is 0 Å². The number of aliphatic hydroxyl groups is 1. The molecule has 1 heterocycles. The number of hydrogen-bond acceptors (Lipinski definition) is 3. The van der Waals surface area contributed by atoms with E-state index in [2.05, 4.69) is 20.9 Å². The van der Waals surface area contributed by atoms with E-state index < -0.39 is 0 Å². The predicted octanol–water partition coefficient (Wildman–Crippen LogP) is 2.48. The van der Waals surface area contributed by atoms with Gasteiger partial charge in [0.05, 0.1) is 6.61 Å². The maximum absolute atomic E-state index is 12.4. The van der Waals surface area contributed by atoms with Gasteiger partial charge in [0.2, 0.25) is 0 Å². The number of halogens is 1. The zero-order chi connectivity index (χ0) is 14.4. The summed E-state index contributed by atoms with van der Waals surface area (Å²) >= 11 is 3.25. The third-order valence-electron chi connectivity index (χ3n) is 2.81. The Hall–Kier alpha value is -1.72. The van der Waals surface area contributed by atoms with Gasteiger partial charge in [-0.3, -0.25) is 4.79 Å². The van der Waals surface area contributed by atoms with Crippen molar-refractivity contribution in [2.45, 2.75) is 6.54 Å². The molecule has 1 N–H and O–H groups in total. The number of carbonyl (C=O) groups excluding carboxylic acids is 1. The third kappa shape index (κ3) is 3.88. The fourth-order valence-electron chi connectivity index (χ4n) is 1.87. The number of carbonyl (C=O) groups is 1. The summed E-state index contributed by atoms with van der Waals surface area (Å²) in [4.78, 5) is 18.2. The first kappa shape index (κ1) is 14.7. The number of rotatable bonds is 5. The Bertz CT molecular complexity index is 575. The molecule has 0 saturated carbocycles. The quantitative estimate of drug-likeness (QED) is 0.854. The molecule has 0 aliphatic carbocycles. The molecule has 0 aliphatic rings. The predicted molar refractivity (Wildman–Crippen MR) is 80.2 cm³/mol. The van der Waals surface area contributed by atoms with Crippen LogP contribution in [-0.4, -0.2) is 34.0 Å². The van der Waals surface area contributed by atoms with Gasteiger partial charge in [0.25, 0.3) is 5.91 Å². The summed E-state index contributed by atoms with van der Waals surface area (Å²) in [5, 5.41) is 9.14. The number of hydrogen-bond donors (Lipinski definition) is 1. The van der Waals surface area contributed by atoms with Crippen molar-refractivity contribution in [3.05, 3.63) is 64.4 Å². The molecule has 0 aliphatic heterocycles. The minimum Gasteiger partial charge on any atom is -0.395 e. The van der Waals surface area contributed by atoms with Crippen molar-refractivity contribution in [3.8, 4) is 0 Å². The molecule has 0 radical (unpaired) electrons. The van der Waals surface area contributed by atoms with Crippen LogP contribution in [-0.2, 0) is 6.54 Å². The summed E-state index contributed by atoms with van der Waals surface area (Å²) in [6, 6.07) is 14.9. The number of pyridine rings is 1.